The summed E-state index contributed by atoms with van der Waals surface area (Å²) in [5.41, 5.74) is 6.55. The minimum Gasteiger partial charge on any atom is -0.508 e. The van der Waals surface area contributed by atoms with Crippen LogP contribution in [0.25, 0.3) is 0 Å². The van der Waals surface area contributed by atoms with Crippen molar-refractivity contribution in [2.75, 3.05) is 26.4 Å². The Morgan fingerprint density at radius 1 is 1.33 bits per heavy atom. The second-order valence-corrected chi connectivity index (χ2v) is 6.13. The van der Waals surface area contributed by atoms with Gasteiger partial charge < -0.3 is 21.1 Å². The van der Waals surface area contributed by atoms with Crippen LogP contribution in [0, 0.1) is 0 Å². The van der Waals surface area contributed by atoms with Gasteiger partial charge in [0.05, 0.1) is 5.56 Å². The molecule has 1 saturated carbocycles. The van der Waals surface area contributed by atoms with E-state index in [0.717, 1.165) is 12.8 Å². The number of phenolic OH excluding ortho intramolecular Hbond substituents is 1. The molecule has 0 saturated heterocycles. The van der Waals surface area contributed by atoms with Gasteiger partial charge in [-0.3, -0.25) is 4.79 Å². The van der Waals surface area contributed by atoms with E-state index in [-0.39, 0.29) is 17.2 Å². The lowest BCUT2D eigenvalue weighted by atomic mass is 9.80. The van der Waals surface area contributed by atoms with Crippen molar-refractivity contribution in [3.63, 3.8) is 0 Å². The summed E-state index contributed by atoms with van der Waals surface area (Å²) < 4.78 is 0. The molecule has 0 spiro atoms. The van der Waals surface area contributed by atoms with E-state index in [9.17, 15) is 9.90 Å². The number of phenols is 1. The Bertz CT molecular complexity index is 508. The van der Waals surface area contributed by atoms with Crippen LogP contribution in [-0.2, 0) is 0 Å². The summed E-state index contributed by atoms with van der Waals surface area (Å²) in [4.78, 5) is 14.5. The molecule has 0 bridgehead atoms. The lowest BCUT2D eigenvalue weighted by Crippen LogP contribution is -2.53. The summed E-state index contributed by atoms with van der Waals surface area (Å²) in [5.74, 6) is -0.176. The molecule has 0 heterocycles. The van der Waals surface area contributed by atoms with E-state index in [1.807, 2.05) is 0 Å². The van der Waals surface area contributed by atoms with Crippen molar-refractivity contribution < 1.29 is 9.90 Å². The SMILES string of the molecule is CN(C)C1(CNC(=O)c2cc(O)ccc2N)CCCCC1. The lowest BCUT2D eigenvalue weighted by molar-refractivity contribution is 0.0800. The van der Waals surface area contributed by atoms with Gasteiger partial charge in [-0.2, -0.15) is 0 Å². The molecule has 1 fully saturated rings. The van der Waals surface area contributed by atoms with Crippen LogP contribution in [0.4, 0.5) is 5.69 Å². The first-order chi connectivity index (χ1) is 9.94. The molecule has 0 aliphatic heterocycles. The van der Waals surface area contributed by atoms with Crippen molar-refractivity contribution in [1.82, 2.24) is 10.2 Å². The second-order valence-electron chi connectivity index (χ2n) is 6.13. The van der Waals surface area contributed by atoms with Crippen LogP contribution >= 0.6 is 0 Å². The van der Waals surface area contributed by atoms with Gasteiger partial charge in [0.15, 0.2) is 0 Å². The number of amides is 1. The first-order valence-corrected chi connectivity index (χ1v) is 7.49. The predicted molar refractivity (Wildman–Crippen MR) is 84.4 cm³/mol. The molecule has 116 valence electrons. The summed E-state index contributed by atoms with van der Waals surface area (Å²) in [5, 5.41) is 12.5. The topological polar surface area (TPSA) is 78.6 Å². The first kappa shape index (κ1) is 15.6. The number of nitrogen functional groups attached to an aromatic ring is 1. The third-order valence-electron chi connectivity index (χ3n) is 4.59. The molecule has 0 radical (unpaired) electrons. The maximum absolute atomic E-state index is 12.3. The lowest BCUT2D eigenvalue weighted by Gasteiger charge is -2.43. The number of rotatable bonds is 4. The van der Waals surface area contributed by atoms with E-state index < -0.39 is 0 Å². The van der Waals surface area contributed by atoms with Gasteiger partial charge in [0, 0.05) is 17.8 Å². The fourth-order valence-electron chi connectivity index (χ4n) is 3.07. The van der Waals surface area contributed by atoms with Gasteiger partial charge in [0.25, 0.3) is 5.91 Å². The van der Waals surface area contributed by atoms with Crippen LogP contribution in [0.1, 0.15) is 42.5 Å². The molecule has 5 heteroatoms. The molecule has 4 N–H and O–H groups in total. The number of hydrogen-bond donors (Lipinski definition) is 3. The first-order valence-electron chi connectivity index (χ1n) is 7.49. The molecule has 1 amide bonds. The van der Waals surface area contributed by atoms with Crippen LogP contribution < -0.4 is 11.1 Å². The highest BCUT2D eigenvalue weighted by Crippen LogP contribution is 2.31. The van der Waals surface area contributed by atoms with E-state index >= 15 is 0 Å². The molecule has 1 aliphatic rings. The highest BCUT2D eigenvalue weighted by atomic mass is 16.3. The van der Waals surface area contributed by atoms with Gasteiger partial charge in [-0.15, -0.1) is 0 Å². The van der Waals surface area contributed by atoms with Crippen molar-refractivity contribution in [3.8, 4) is 5.75 Å². The third-order valence-corrected chi connectivity index (χ3v) is 4.59. The summed E-state index contributed by atoms with van der Waals surface area (Å²) >= 11 is 0. The predicted octanol–water partition coefficient (Wildman–Crippen LogP) is 1.97. The van der Waals surface area contributed by atoms with E-state index in [2.05, 4.69) is 24.3 Å². The number of nitrogens with two attached hydrogens (primary N) is 1. The Kier molecular flexibility index (Phi) is 4.73. The molecule has 0 unspecified atom stereocenters. The van der Waals surface area contributed by atoms with E-state index in [4.69, 9.17) is 5.73 Å². The number of likely N-dealkylation sites (N-methyl/N-ethyl adjacent to an activating group) is 1. The zero-order valence-corrected chi connectivity index (χ0v) is 12.9. The number of anilines is 1. The Labute approximate surface area is 126 Å². The Morgan fingerprint density at radius 2 is 2.00 bits per heavy atom. The smallest absolute Gasteiger partial charge is 0.253 e. The highest BCUT2D eigenvalue weighted by molar-refractivity contribution is 5.99. The number of nitrogens with zero attached hydrogens (tertiary/aromatic N) is 1. The molecule has 5 nitrogen and oxygen atoms in total. The third kappa shape index (κ3) is 3.47. The molecular formula is C16H25N3O2. The molecule has 1 aliphatic carbocycles. The summed E-state index contributed by atoms with van der Waals surface area (Å²) in [6.45, 7) is 0.605. The number of aromatic hydroxyl groups is 1. The van der Waals surface area contributed by atoms with E-state index in [1.165, 1.54) is 31.4 Å². The van der Waals surface area contributed by atoms with Crippen molar-refractivity contribution in [2.24, 2.45) is 0 Å². The van der Waals surface area contributed by atoms with Gasteiger partial charge >= 0.3 is 0 Å². The zero-order chi connectivity index (χ0) is 15.5. The van der Waals surface area contributed by atoms with Crippen LogP contribution in [0.5, 0.6) is 5.75 Å². The average molecular weight is 291 g/mol. The van der Waals surface area contributed by atoms with E-state index in [1.54, 1.807) is 6.07 Å². The van der Waals surface area contributed by atoms with Crippen molar-refractivity contribution >= 4 is 11.6 Å². The summed E-state index contributed by atoms with van der Waals surface area (Å²) in [6, 6.07) is 4.44. The Morgan fingerprint density at radius 3 is 2.62 bits per heavy atom. The molecule has 1 aromatic carbocycles. The molecular weight excluding hydrogens is 266 g/mol. The summed E-state index contributed by atoms with van der Waals surface area (Å²) in [7, 11) is 4.14. The van der Waals surface area contributed by atoms with Crippen molar-refractivity contribution in [1.29, 1.82) is 0 Å². The molecule has 0 atom stereocenters. The van der Waals surface area contributed by atoms with E-state index in [0.29, 0.717) is 17.8 Å². The molecule has 1 aromatic rings. The van der Waals surface area contributed by atoms with Gasteiger partial charge in [-0.1, -0.05) is 19.3 Å². The standard InChI is InChI=1S/C16H25N3O2/c1-19(2)16(8-4-3-5-9-16)11-18-15(21)13-10-12(20)6-7-14(13)17/h6-7,10,20H,3-5,8-9,11,17H2,1-2H3,(H,18,21). The molecule has 21 heavy (non-hydrogen) atoms. The number of benzene rings is 1. The average Bonchev–Trinajstić information content (AvgIpc) is 2.48. The minimum atomic E-state index is -0.227. The Hall–Kier alpha value is -1.75. The number of carbonyl (C=O) groups is 1. The van der Waals surface area contributed by atoms with Gasteiger partial charge in [-0.05, 0) is 45.1 Å². The van der Waals surface area contributed by atoms with Crippen molar-refractivity contribution in [3.05, 3.63) is 23.8 Å². The molecule has 0 aromatic heterocycles. The largest absolute Gasteiger partial charge is 0.508 e. The van der Waals surface area contributed by atoms with Gasteiger partial charge in [0.1, 0.15) is 5.75 Å². The molecule has 2 rings (SSSR count). The maximum Gasteiger partial charge on any atom is 0.253 e. The number of hydrogen-bond acceptors (Lipinski definition) is 4. The van der Waals surface area contributed by atoms with Crippen LogP contribution in [-0.4, -0.2) is 42.1 Å². The number of carbonyl (C=O) groups excluding carboxylic acids is 1. The van der Waals surface area contributed by atoms with Gasteiger partial charge in [-0.25, -0.2) is 0 Å². The minimum absolute atomic E-state index is 0.0273. The monoisotopic (exact) mass is 291 g/mol. The van der Waals surface area contributed by atoms with Crippen LogP contribution in [0.15, 0.2) is 18.2 Å². The zero-order valence-electron chi connectivity index (χ0n) is 12.9. The Balaban J connectivity index is 2.07. The normalized spacial score (nSPS) is 17.7. The van der Waals surface area contributed by atoms with Gasteiger partial charge in [0.2, 0.25) is 0 Å². The maximum atomic E-state index is 12.3. The fourth-order valence-corrected chi connectivity index (χ4v) is 3.07. The fraction of sp³-hybridized carbons (Fsp3) is 0.562. The van der Waals surface area contributed by atoms with Crippen molar-refractivity contribution in [2.45, 2.75) is 37.6 Å². The quantitative estimate of drug-likeness (QED) is 0.585. The summed E-state index contributed by atoms with van der Waals surface area (Å²) in [6.07, 6.45) is 5.85. The number of nitrogens with one attached hydrogen (secondary N) is 1. The van der Waals surface area contributed by atoms with Crippen LogP contribution in [0.3, 0.4) is 0 Å². The highest BCUT2D eigenvalue weighted by Gasteiger charge is 2.34. The second kappa shape index (κ2) is 6.35. The van der Waals surface area contributed by atoms with Crippen LogP contribution in [0.2, 0.25) is 0 Å².